The van der Waals surface area contributed by atoms with Crippen LogP contribution in [0.1, 0.15) is 20.9 Å². The molecule has 5 rings (SSSR count). The standard InChI is InChI=1S/C28H27N3O3S/c32-27(30-19-21-7-6-11-24(17-21)34-20-23-10-4-5-12-29-23)26-18-25(22-8-2-1-3-9-22)28(35-26)31-13-15-33-16-14-31/h1-12,17-18H,13-16,19-20H2,(H,30,32). The highest BCUT2D eigenvalue weighted by atomic mass is 32.1. The molecule has 1 N–H and O–H groups in total. The lowest BCUT2D eigenvalue weighted by atomic mass is 10.1. The monoisotopic (exact) mass is 485 g/mol. The normalized spacial score (nSPS) is 13.4. The Bertz CT molecular complexity index is 1250. The van der Waals surface area contributed by atoms with Gasteiger partial charge in [-0.05, 0) is 41.5 Å². The summed E-state index contributed by atoms with van der Waals surface area (Å²) in [5, 5.41) is 4.19. The Morgan fingerprint density at radius 3 is 2.63 bits per heavy atom. The van der Waals surface area contributed by atoms with Crippen molar-refractivity contribution in [3.8, 4) is 16.9 Å². The second kappa shape index (κ2) is 11.2. The molecule has 6 nitrogen and oxygen atoms in total. The number of nitrogens with zero attached hydrogens (tertiary/aromatic N) is 2. The molecule has 0 atom stereocenters. The second-order valence-corrected chi connectivity index (χ2v) is 9.27. The third-order valence-electron chi connectivity index (χ3n) is 5.78. The van der Waals surface area contributed by atoms with E-state index in [9.17, 15) is 4.79 Å². The van der Waals surface area contributed by atoms with Gasteiger partial charge in [-0.15, -0.1) is 11.3 Å². The number of carbonyl (C=O) groups excluding carboxylic acids is 1. The zero-order valence-electron chi connectivity index (χ0n) is 19.4. The molecule has 3 heterocycles. The van der Waals surface area contributed by atoms with Crippen molar-refractivity contribution in [1.82, 2.24) is 10.3 Å². The quantitative estimate of drug-likeness (QED) is 0.374. The first-order valence-corrected chi connectivity index (χ1v) is 12.5. The van der Waals surface area contributed by atoms with Crippen molar-refractivity contribution >= 4 is 22.2 Å². The summed E-state index contributed by atoms with van der Waals surface area (Å²) < 4.78 is 11.4. The van der Waals surface area contributed by atoms with Gasteiger partial charge in [0.25, 0.3) is 5.91 Å². The van der Waals surface area contributed by atoms with E-state index in [1.807, 2.05) is 66.7 Å². The summed E-state index contributed by atoms with van der Waals surface area (Å²) >= 11 is 1.54. The van der Waals surface area contributed by atoms with Crippen LogP contribution in [0.3, 0.4) is 0 Å². The molecule has 0 radical (unpaired) electrons. The molecule has 0 spiro atoms. The third-order valence-corrected chi connectivity index (χ3v) is 6.98. The van der Waals surface area contributed by atoms with Gasteiger partial charge in [-0.25, -0.2) is 0 Å². The molecule has 1 aliphatic heterocycles. The average molecular weight is 486 g/mol. The van der Waals surface area contributed by atoms with Crippen LogP contribution in [0.5, 0.6) is 5.75 Å². The summed E-state index contributed by atoms with van der Waals surface area (Å²) in [5.74, 6) is 0.672. The summed E-state index contributed by atoms with van der Waals surface area (Å²) in [5.41, 5.74) is 4.05. The Morgan fingerprint density at radius 2 is 1.83 bits per heavy atom. The number of aromatic nitrogens is 1. The zero-order chi connectivity index (χ0) is 23.9. The molecule has 1 aliphatic rings. The Morgan fingerprint density at radius 1 is 1.00 bits per heavy atom. The van der Waals surface area contributed by atoms with E-state index in [2.05, 4.69) is 27.3 Å². The van der Waals surface area contributed by atoms with Gasteiger partial charge in [0.2, 0.25) is 0 Å². The SMILES string of the molecule is O=C(NCc1cccc(OCc2ccccn2)c1)c1cc(-c2ccccc2)c(N2CCOCC2)s1. The number of thiophene rings is 1. The molecule has 35 heavy (non-hydrogen) atoms. The van der Waals surface area contributed by atoms with Crippen LogP contribution in [0.15, 0.2) is 85.1 Å². The molecule has 2 aromatic carbocycles. The van der Waals surface area contributed by atoms with Crippen molar-refractivity contribution in [2.24, 2.45) is 0 Å². The van der Waals surface area contributed by atoms with Gasteiger partial charge in [0, 0.05) is 31.4 Å². The summed E-state index contributed by atoms with van der Waals surface area (Å²) in [6.45, 7) is 3.88. The van der Waals surface area contributed by atoms with Gasteiger partial charge in [0.15, 0.2) is 0 Å². The number of hydrogen-bond acceptors (Lipinski definition) is 6. The lowest BCUT2D eigenvalue weighted by Gasteiger charge is -2.28. The minimum absolute atomic E-state index is 0.0773. The number of carbonyl (C=O) groups is 1. The number of ether oxygens (including phenoxy) is 2. The number of hydrogen-bond donors (Lipinski definition) is 1. The minimum atomic E-state index is -0.0773. The number of benzene rings is 2. The topological polar surface area (TPSA) is 63.7 Å². The van der Waals surface area contributed by atoms with Crippen LogP contribution in [0.2, 0.25) is 0 Å². The molecule has 0 unspecified atom stereocenters. The van der Waals surface area contributed by atoms with Gasteiger partial charge in [-0.2, -0.15) is 0 Å². The maximum absolute atomic E-state index is 13.1. The van der Waals surface area contributed by atoms with Crippen molar-refractivity contribution in [3.05, 3.63) is 101 Å². The second-order valence-electron chi connectivity index (χ2n) is 8.23. The number of morpholine rings is 1. The van der Waals surface area contributed by atoms with Crippen LogP contribution < -0.4 is 15.0 Å². The summed E-state index contributed by atoms with van der Waals surface area (Å²) in [6, 6.07) is 25.8. The number of nitrogens with one attached hydrogen (secondary N) is 1. The lowest BCUT2D eigenvalue weighted by molar-refractivity contribution is 0.0955. The van der Waals surface area contributed by atoms with E-state index in [-0.39, 0.29) is 5.91 Å². The average Bonchev–Trinajstić information content (AvgIpc) is 3.38. The van der Waals surface area contributed by atoms with E-state index in [0.717, 1.165) is 46.2 Å². The van der Waals surface area contributed by atoms with Crippen molar-refractivity contribution in [1.29, 1.82) is 0 Å². The fourth-order valence-electron chi connectivity index (χ4n) is 3.97. The van der Waals surface area contributed by atoms with Crippen LogP contribution in [0.25, 0.3) is 11.1 Å². The highest BCUT2D eigenvalue weighted by Gasteiger charge is 2.21. The van der Waals surface area contributed by atoms with Crippen molar-refractivity contribution in [2.75, 3.05) is 31.2 Å². The van der Waals surface area contributed by atoms with Crippen LogP contribution in [-0.4, -0.2) is 37.2 Å². The number of rotatable bonds is 8. The van der Waals surface area contributed by atoms with Gasteiger partial charge >= 0.3 is 0 Å². The highest BCUT2D eigenvalue weighted by Crippen LogP contribution is 2.39. The molecule has 2 aromatic heterocycles. The summed E-state index contributed by atoms with van der Waals surface area (Å²) in [4.78, 5) is 20.4. The van der Waals surface area contributed by atoms with Crippen molar-refractivity contribution in [3.63, 3.8) is 0 Å². The summed E-state index contributed by atoms with van der Waals surface area (Å²) in [6.07, 6.45) is 1.75. The molecule has 4 aromatic rings. The molecular weight excluding hydrogens is 458 g/mol. The van der Waals surface area contributed by atoms with Crippen LogP contribution in [0.4, 0.5) is 5.00 Å². The van der Waals surface area contributed by atoms with Gasteiger partial charge in [0.05, 0.1) is 28.8 Å². The minimum Gasteiger partial charge on any atom is -0.487 e. The zero-order valence-corrected chi connectivity index (χ0v) is 20.2. The van der Waals surface area contributed by atoms with Gasteiger partial charge in [0.1, 0.15) is 12.4 Å². The fourth-order valence-corrected chi connectivity index (χ4v) is 5.12. The van der Waals surface area contributed by atoms with Crippen LogP contribution >= 0.6 is 11.3 Å². The molecule has 1 saturated heterocycles. The van der Waals surface area contributed by atoms with Gasteiger partial charge in [-0.3, -0.25) is 9.78 Å². The predicted molar refractivity (Wildman–Crippen MR) is 139 cm³/mol. The van der Waals surface area contributed by atoms with Crippen molar-refractivity contribution in [2.45, 2.75) is 13.2 Å². The first-order chi connectivity index (χ1) is 17.3. The highest BCUT2D eigenvalue weighted by molar-refractivity contribution is 7.18. The first kappa shape index (κ1) is 23.1. The fraction of sp³-hybridized carbons (Fsp3) is 0.214. The maximum atomic E-state index is 13.1. The molecular formula is C28H27N3O3S. The van der Waals surface area contributed by atoms with E-state index in [1.165, 1.54) is 11.3 Å². The van der Waals surface area contributed by atoms with E-state index in [0.29, 0.717) is 31.2 Å². The Labute approximate surface area is 209 Å². The Kier molecular flexibility index (Phi) is 7.36. The molecule has 1 fully saturated rings. The number of anilines is 1. The number of amides is 1. The van der Waals surface area contributed by atoms with E-state index in [1.54, 1.807) is 6.20 Å². The molecule has 1 amide bonds. The Balaban J connectivity index is 1.27. The van der Waals surface area contributed by atoms with Gasteiger partial charge in [-0.1, -0.05) is 48.5 Å². The lowest BCUT2D eigenvalue weighted by Crippen LogP contribution is -2.35. The van der Waals surface area contributed by atoms with E-state index < -0.39 is 0 Å². The molecule has 178 valence electrons. The number of pyridine rings is 1. The van der Waals surface area contributed by atoms with E-state index >= 15 is 0 Å². The molecule has 0 bridgehead atoms. The largest absolute Gasteiger partial charge is 0.487 e. The first-order valence-electron chi connectivity index (χ1n) is 11.7. The van der Waals surface area contributed by atoms with Gasteiger partial charge < -0.3 is 19.7 Å². The van der Waals surface area contributed by atoms with Crippen molar-refractivity contribution < 1.29 is 14.3 Å². The maximum Gasteiger partial charge on any atom is 0.261 e. The third kappa shape index (κ3) is 5.88. The van der Waals surface area contributed by atoms with Crippen LogP contribution in [-0.2, 0) is 17.9 Å². The molecule has 7 heteroatoms. The Hall–Kier alpha value is -3.68. The van der Waals surface area contributed by atoms with E-state index in [4.69, 9.17) is 9.47 Å². The van der Waals surface area contributed by atoms with Crippen LogP contribution in [0, 0.1) is 0 Å². The smallest absolute Gasteiger partial charge is 0.261 e. The molecule has 0 saturated carbocycles. The summed E-state index contributed by atoms with van der Waals surface area (Å²) in [7, 11) is 0. The molecule has 0 aliphatic carbocycles. The predicted octanol–water partition coefficient (Wildman–Crippen LogP) is 5.16.